The molecule has 2 heterocycles. The van der Waals surface area contributed by atoms with Crippen molar-refractivity contribution in [3.8, 4) is 0 Å². The first-order valence-corrected chi connectivity index (χ1v) is 6.11. The quantitative estimate of drug-likeness (QED) is 0.836. The van der Waals surface area contributed by atoms with E-state index in [0.717, 1.165) is 28.4 Å². The zero-order chi connectivity index (χ0) is 10.8. The van der Waals surface area contributed by atoms with Crippen LogP contribution in [0.4, 0.5) is 0 Å². The Labute approximate surface area is 97.8 Å². The van der Waals surface area contributed by atoms with E-state index >= 15 is 0 Å². The van der Waals surface area contributed by atoms with E-state index in [4.69, 9.17) is 12.2 Å². The maximum absolute atomic E-state index is 5.19. The van der Waals surface area contributed by atoms with Crippen LogP contribution in [0, 0.1) is 11.7 Å². The molecule has 1 N–H and O–H groups in total. The molecule has 2 aromatic heterocycles. The second-order valence-electron chi connectivity index (χ2n) is 3.44. The summed E-state index contributed by atoms with van der Waals surface area (Å²) in [6, 6.07) is 0. The lowest BCUT2D eigenvalue weighted by Crippen LogP contribution is -1.96. The topological polar surface area (TPSA) is 33.6 Å². The molecule has 3 nitrogen and oxygen atoms in total. The maximum atomic E-state index is 5.19. The average Bonchev–Trinajstić information content (AvgIpc) is 2.75. The summed E-state index contributed by atoms with van der Waals surface area (Å²) in [6.45, 7) is 4.92. The van der Waals surface area contributed by atoms with Crippen molar-refractivity contribution in [2.75, 3.05) is 0 Å². The molecule has 0 atom stereocenters. The first kappa shape index (κ1) is 10.6. The smallest absolute Gasteiger partial charge is 0.177 e. The van der Waals surface area contributed by atoms with Gasteiger partial charge in [0.05, 0.1) is 6.54 Å². The average molecular weight is 239 g/mol. The molecule has 0 aliphatic heterocycles. The Morgan fingerprint density at radius 1 is 1.60 bits per heavy atom. The molecule has 0 aliphatic carbocycles. The Morgan fingerprint density at radius 3 is 2.93 bits per heavy atom. The number of aromatic nitrogens is 3. The minimum absolute atomic E-state index is 0.765. The van der Waals surface area contributed by atoms with Gasteiger partial charge in [-0.2, -0.15) is 0 Å². The number of aromatic amines is 1. The van der Waals surface area contributed by atoms with Gasteiger partial charge in [-0.05, 0) is 25.6 Å². The summed E-state index contributed by atoms with van der Waals surface area (Å²) < 4.78 is 2.78. The lowest BCUT2D eigenvalue weighted by Gasteiger charge is -1.96. The molecule has 0 aliphatic rings. The van der Waals surface area contributed by atoms with E-state index in [1.54, 1.807) is 11.3 Å². The van der Waals surface area contributed by atoms with Gasteiger partial charge in [0.2, 0.25) is 0 Å². The van der Waals surface area contributed by atoms with E-state index in [-0.39, 0.29) is 0 Å². The van der Waals surface area contributed by atoms with Gasteiger partial charge in [0.1, 0.15) is 5.01 Å². The van der Waals surface area contributed by atoms with Crippen LogP contribution in [0.5, 0.6) is 0 Å². The molecule has 0 amide bonds. The van der Waals surface area contributed by atoms with Crippen LogP contribution in [0.25, 0.3) is 0 Å². The number of thiazole rings is 1. The molecule has 0 fully saturated rings. The van der Waals surface area contributed by atoms with Crippen molar-refractivity contribution in [1.82, 2.24) is 14.5 Å². The van der Waals surface area contributed by atoms with Crippen molar-refractivity contribution in [2.45, 2.75) is 26.8 Å². The van der Waals surface area contributed by atoms with E-state index in [9.17, 15) is 0 Å². The first-order chi connectivity index (χ1) is 7.19. The van der Waals surface area contributed by atoms with E-state index < -0.39 is 0 Å². The molecule has 0 aromatic carbocycles. The number of imidazole rings is 1. The molecule has 0 bridgehead atoms. The minimum Gasteiger partial charge on any atom is -0.335 e. The number of nitrogens with one attached hydrogen (secondary N) is 1. The molecule has 15 heavy (non-hydrogen) atoms. The molecular formula is C10H13N3S2. The standard InChI is InChI=1S/C10H13N3S2/c1-3-8-4-11-9(15-8)6-13-5-7(2)12-10(13)14/h4-5H,3,6H2,1-2H3,(H,12,14). The lowest BCUT2D eigenvalue weighted by atomic mass is 10.4. The second kappa shape index (κ2) is 4.28. The van der Waals surface area contributed by atoms with Crippen LogP contribution in [0.15, 0.2) is 12.4 Å². The van der Waals surface area contributed by atoms with Crippen molar-refractivity contribution < 1.29 is 0 Å². The van der Waals surface area contributed by atoms with Gasteiger partial charge in [0, 0.05) is 23.0 Å². The third-order valence-electron chi connectivity index (χ3n) is 2.17. The molecule has 5 heteroatoms. The van der Waals surface area contributed by atoms with Gasteiger partial charge in [-0.15, -0.1) is 11.3 Å². The van der Waals surface area contributed by atoms with Gasteiger partial charge in [-0.25, -0.2) is 4.98 Å². The minimum atomic E-state index is 0.765. The molecule has 0 radical (unpaired) electrons. The Morgan fingerprint density at radius 2 is 2.40 bits per heavy atom. The summed E-state index contributed by atoms with van der Waals surface area (Å²) in [4.78, 5) is 8.80. The number of nitrogens with zero attached hydrogens (tertiary/aromatic N) is 2. The van der Waals surface area contributed by atoms with Gasteiger partial charge in [0.15, 0.2) is 4.77 Å². The highest BCUT2D eigenvalue weighted by molar-refractivity contribution is 7.71. The fraction of sp³-hybridized carbons (Fsp3) is 0.400. The van der Waals surface area contributed by atoms with Gasteiger partial charge >= 0.3 is 0 Å². The Balaban J connectivity index is 2.21. The Bertz CT molecular complexity index is 507. The zero-order valence-electron chi connectivity index (χ0n) is 8.78. The Hall–Kier alpha value is -0.940. The van der Waals surface area contributed by atoms with Crippen molar-refractivity contribution in [1.29, 1.82) is 0 Å². The zero-order valence-corrected chi connectivity index (χ0v) is 10.4. The highest BCUT2D eigenvalue weighted by atomic mass is 32.1. The predicted molar refractivity (Wildman–Crippen MR) is 64.9 cm³/mol. The van der Waals surface area contributed by atoms with Crippen LogP contribution in [0.1, 0.15) is 22.5 Å². The number of hydrogen-bond acceptors (Lipinski definition) is 3. The number of rotatable bonds is 3. The molecular weight excluding hydrogens is 226 g/mol. The monoisotopic (exact) mass is 239 g/mol. The van der Waals surface area contributed by atoms with Crippen LogP contribution in [-0.4, -0.2) is 14.5 Å². The van der Waals surface area contributed by atoms with Crippen LogP contribution < -0.4 is 0 Å². The van der Waals surface area contributed by atoms with Gasteiger partial charge in [0.25, 0.3) is 0 Å². The summed E-state index contributed by atoms with van der Waals surface area (Å²) in [7, 11) is 0. The number of H-pyrrole nitrogens is 1. The summed E-state index contributed by atoms with van der Waals surface area (Å²) in [5, 5.41) is 1.11. The molecule has 0 saturated carbocycles. The SMILES string of the molecule is CCc1cnc(Cn2cc(C)[nH]c2=S)s1. The molecule has 0 saturated heterocycles. The molecule has 0 spiro atoms. The maximum Gasteiger partial charge on any atom is 0.177 e. The van der Waals surface area contributed by atoms with Crippen LogP contribution in [-0.2, 0) is 13.0 Å². The third kappa shape index (κ3) is 2.35. The molecule has 2 aromatic rings. The fourth-order valence-corrected chi connectivity index (χ4v) is 2.55. The van der Waals surface area contributed by atoms with Gasteiger partial charge in [-0.3, -0.25) is 0 Å². The van der Waals surface area contributed by atoms with E-state index in [0.29, 0.717) is 0 Å². The van der Waals surface area contributed by atoms with E-state index in [1.165, 1.54) is 4.88 Å². The van der Waals surface area contributed by atoms with Crippen LogP contribution >= 0.6 is 23.6 Å². The van der Waals surface area contributed by atoms with Gasteiger partial charge < -0.3 is 9.55 Å². The predicted octanol–water partition coefficient (Wildman–Crippen LogP) is 2.92. The molecule has 2 rings (SSSR count). The van der Waals surface area contributed by atoms with Crippen molar-refractivity contribution in [3.05, 3.63) is 32.7 Å². The number of aryl methyl sites for hydroxylation is 2. The van der Waals surface area contributed by atoms with Gasteiger partial charge in [-0.1, -0.05) is 6.92 Å². The van der Waals surface area contributed by atoms with Crippen molar-refractivity contribution in [3.63, 3.8) is 0 Å². The normalized spacial score (nSPS) is 10.8. The van der Waals surface area contributed by atoms with E-state index in [1.807, 2.05) is 23.9 Å². The summed E-state index contributed by atoms with van der Waals surface area (Å²) >= 11 is 6.94. The van der Waals surface area contributed by atoms with Crippen molar-refractivity contribution >= 4 is 23.6 Å². The lowest BCUT2D eigenvalue weighted by molar-refractivity contribution is 0.777. The first-order valence-electron chi connectivity index (χ1n) is 4.88. The van der Waals surface area contributed by atoms with Crippen LogP contribution in [0.2, 0.25) is 0 Å². The number of hydrogen-bond donors (Lipinski definition) is 1. The fourth-order valence-electron chi connectivity index (χ4n) is 1.41. The Kier molecular flexibility index (Phi) is 3.02. The third-order valence-corrected chi connectivity index (χ3v) is 3.63. The second-order valence-corrected chi connectivity index (χ2v) is 5.03. The summed E-state index contributed by atoms with van der Waals surface area (Å²) in [6.07, 6.45) is 5.02. The van der Waals surface area contributed by atoms with Crippen LogP contribution in [0.3, 0.4) is 0 Å². The van der Waals surface area contributed by atoms with E-state index in [2.05, 4.69) is 16.9 Å². The summed E-state index contributed by atoms with van der Waals surface area (Å²) in [5.74, 6) is 0. The van der Waals surface area contributed by atoms with Crippen molar-refractivity contribution in [2.24, 2.45) is 0 Å². The summed E-state index contributed by atoms with van der Waals surface area (Å²) in [5.41, 5.74) is 1.09. The molecule has 80 valence electrons. The largest absolute Gasteiger partial charge is 0.335 e. The molecule has 0 unspecified atom stereocenters. The highest BCUT2D eigenvalue weighted by Gasteiger charge is 2.03. The highest BCUT2D eigenvalue weighted by Crippen LogP contribution is 2.14.